The second kappa shape index (κ2) is 7.95. The van der Waals surface area contributed by atoms with E-state index >= 15 is 0 Å². The smallest absolute Gasteiger partial charge is 0.118 e. The molecule has 3 aromatic rings. The molecular formula is C24H25NO3. The zero-order valence-electron chi connectivity index (χ0n) is 16.2. The van der Waals surface area contributed by atoms with Crippen LogP contribution in [0.25, 0.3) is 0 Å². The summed E-state index contributed by atoms with van der Waals surface area (Å²) in [5.41, 5.74) is 3.34. The number of methoxy groups -OCH3 is 2. The topological polar surface area (TPSA) is 41.9 Å². The first-order chi connectivity index (χ1) is 13.7. The highest BCUT2D eigenvalue weighted by molar-refractivity contribution is 5.54. The highest BCUT2D eigenvalue weighted by Crippen LogP contribution is 2.47. The lowest BCUT2D eigenvalue weighted by atomic mass is 10.0. The minimum Gasteiger partial charge on any atom is -0.497 e. The number of rotatable bonds is 5. The standard InChI is InChI=1S/C24H25NO3/c1-27-20-12-8-17(9-13-20)22-16-23(26)24(18-10-14-21(28-2)15-11-18)25(22)19-6-4-3-5-7-19/h3-15,22-24,26H,16H2,1-2H3/t22-,23+,24+/m1/s1. The van der Waals surface area contributed by atoms with E-state index in [1.165, 1.54) is 5.56 Å². The van der Waals surface area contributed by atoms with E-state index in [0.29, 0.717) is 6.42 Å². The Hall–Kier alpha value is -2.98. The number of nitrogens with zero attached hydrogens (tertiary/aromatic N) is 1. The van der Waals surface area contributed by atoms with Crippen molar-refractivity contribution in [3.63, 3.8) is 0 Å². The van der Waals surface area contributed by atoms with Crippen LogP contribution in [0.15, 0.2) is 78.9 Å². The Morgan fingerprint density at radius 1 is 0.750 bits per heavy atom. The fourth-order valence-electron chi connectivity index (χ4n) is 4.10. The first kappa shape index (κ1) is 18.4. The van der Waals surface area contributed by atoms with Gasteiger partial charge >= 0.3 is 0 Å². The minimum absolute atomic E-state index is 0.0791. The van der Waals surface area contributed by atoms with Gasteiger partial charge in [-0.3, -0.25) is 0 Å². The number of para-hydroxylation sites is 1. The van der Waals surface area contributed by atoms with Gasteiger partial charge in [0, 0.05) is 12.1 Å². The van der Waals surface area contributed by atoms with Gasteiger partial charge in [0.15, 0.2) is 0 Å². The van der Waals surface area contributed by atoms with Gasteiger partial charge in [0.05, 0.1) is 32.4 Å². The molecule has 1 aliphatic rings. The fraction of sp³-hybridized carbons (Fsp3) is 0.250. The van der Waals surface area contributed by atoms with E-state index in [4.69, 9.17) is 9.47 Å². The number of ether oxygens (including phenoxy) is 2. The lowest BCUT2D eigenvalue weighted by Gasteiger charge is -2.33. The molecule has 1 aliphatic heterocycles. The monoisotopic (exact) mass is 375 g/mol. The van der Waals surface area contributed by atoms with E-state index in [0.717, 1.165) is 22.7 Å². The summed E-state index contributed by atoms with van der Waals surface area (Å²) in [6, 6.07) is 26.4. The largest absolute Gasteiger partial charge is 0.497 e. The number of aliphatic hydroxyl groups excluding tert-OH is 1. The van der Waals surface area contributed by atoms with Crippen LogP contribution in [0, 0.1) is 0 Å². The summed E-state index contributed by atoms with van der Waals surface area (Å²) in [5, 5.41) is 11.0. The third-order valence-electron chi connectivity index (χ3n) is 5.48. The molecule has 0 bridgehead atoms. The Labute approximate surface area is 166 Å². The van der Waals surface area contributed by atoms with Gasteiger partial charge in [0.2, 0.25) is 0 Å². The van der Waals surface area contributed by atoms with E-state index < -0.39 is 6.10 Å². The third-order valence-corrected chi connectivity index (χ3v) is 5.48. The zero-order valence-corrected chi connectivity index (χ0v) is 16.2. The maximum Gasteiger partial charge on any atom is 0.118 e. The van der Waals surface area contributed by atoms with Crippen molar-refractivity contribution in [3.05, 3.63) is 90.0 Å². The molecule has 4 heteroatoms. The molecule has 0 unspecified atom stereocenters. The molecule has 0 aliphatic carbocycles. The van der Waals surface area contributed by atoms with Crippen LogP contribution in [-0.2, 0) is 0 Å². The average molecular weight is 375 g/mol. The molecule has 1 heterocycles. The first-order valence-electron chi connectivity index (χ1n) is 9.50. The van der Waals surface area contributed by atoms with Gasteiger partial charge < -0.3 is 19.5 Å². The Balaban J connectivity index is 1.75. The highest BCUT2D eigenvalue weighted by atomic mass is 16.5. The molecule has 0 saturated carbocycles. The molecule has 0 spiro atoms. The van der Waals surface area contributed by atoms with E-state index in [9.17, 15) is 5.11 Å². The lowest BCUT2D eigenvalue weighted by Crippen LogP contribution is -2.29. The molecule has 3 atom stereocenters. The summed E-state index contributed by atoms with van der Waals surface area (Å²) in [7, 11) is 3.33. The normalized spacial score (nSPS) is 21.5. The van der Waals surface area contributed by atoms with Crippen molar-refractivity contribution in [2.75, 3.05) is 19.1 Å². The predicted octanol–water partition coefficient (Wildman–Crippen LogP) is 4.76. The highest BCUT2D eigenvalue weighted by Gasteiger charge is 2.42. The predicted molar refractivity (Wildman–Crippen MR) is 111 cm³/mol. The molecule has 0 radical (unpaired) electrons. The van der Waals surface area contributed by atoms with Gasteiger partial charge in [-0.1, -0.05) is 42.5 Å². The van der Waals surface area contributed by atoms with Crippen molar-refractivity contribution >= 4 is 5.69 Å². The Morgan fingerprint density at radius 2 is 1.29 bits per heavy atom. The minimum atomic E-state index is -0.472. The second-order valence-electron chi connectivity index (χ2n) is 7.05. The quantitative estimate of drug-likeness (QED) is 0.698. The van der Waals surface area contributed by atoms with Gasteiger partial charge in [0.1, 0.15) is 11.5 Å². The lowest BCUT2D eigenvalue weighted by molar-refractivity contribution is 0.163. The molecule has 3 aromatic carbocycles. The van der Waals surface area contributed by atoms with Crippen molar-refractivity contribution in [2.45, 2.75) is 24.6 Å². The van der Waals surface area contributed by atoms with Crippen molar-refractivity contribution in [1.82, 2.24) is 0 Å². The summed E-state index contributed by atoms with van der Waals surface area (Å²) >= 11 is 0. The van der Waals surface area contributed by atoms with Crippen molar-refractivity contribution in [2.24, 2.45) is 0 Å². The molecular weight excluding hydrogens is 350 g/mol. The van der Waals surface area contributed by atoms with Crippen LogP contribution < -0.4 is 14.4 Å². The molecule has 4 rings (SSSR count). The van der Waals surface area contributed by atoms with Gasteiger partial charge in [0.25, 0.3) is 0 Å². The van der Waals surface area contributed by atoms with Gasteiger partial charge in [-0.25, -0.2) is 0 Å². The summed E-state index contributed by atoms with van der Waals surface area (Å²) in [6.45, 7) is 0. The summed E-state index contributed by atoms with van der Waals surface area (Å²) in [6.07, 6.45) is 0.193. The summed E-state index contributed by atoms with van der Waals surface area (Å²) in [4.78, 5) is 2.33. The van der Waals surface area contributed by atoms with Crippen LogP contribution in [-0.4, -0.2) is 25.4 Å². The first-order valence-corrected chi connectivity index (χ1v) is 9.50. The summed E-state index contributed by atoms with van der Waals surface area (Å²) in [5.74, 6) is 1.65. The maximum atomic E-state index is 11.0. The average Bonchev–Trinajstić information content (AvgIpc) is 3.11. The van der Waals surface area contributed by atoms with Crippen molar-refractivity contribution in [3.8, 4) is 11.5 Å². The van der Waals surface area contributed by atoms with Crippen LogP contribution in [0.3, 0.4) is 0 Å². The number of hydrogen-bond donors (Lipinski definition) is 1. The molecule has 1 fully saturated rings. The van der Waals surface area contributed by atoms with E-state index in [1.54, 1.807) is 14.2 Å². The molecule has 144 valence electrons. The van der Waals surface area contributed by atoms with Crippen LogP contribution in [0.2, 0.25) is 0 Å². The van der Waals surface area contributed by atoms with Crippen LogP contribution in [0.1, 0.15) is 29.6 Å². The summed E-state index contributed by atoms with van der Waals surface area (Å²) < 4.78 is 10.6. The number of benzene rings is 3. The van der Waals surface area contributed by atoms with Gasteiger partial charge in [-0.2, -0.15) is 0 Å². The Bertz CT molecular complexity index is 893. The van der Waals surface area contributed by atoms with Gasteiger partial charge in [-0.05, 0) is 47.5 Å². The molecule has 0 aromatic heterocycles. The maximum absolute atomic E-state index is 11.0. The molecule has 0 amide bonds. The Kier molecular flexibility index (Phi) is 5.22. The fourth-order valence-corrected chi connectivity index (χ4v) is 4.10. The number of anilines is 1. The third kappa shape index (κ3) is 3.43. The molecule has 28 heavy (non-hydrogen) atoms. The SMILES string of the molecule is COc1ccc([C@H]2C[C@H](O)[C@H](c3ccc(OC)cc3)N2c2ccccc2)cc1. The zero-order chi connectivity index (χ0) is 19.5. The van der Waals surface area contributed by atoms with E-state index in [1.807, 2.05) is 54.6 Å². The molecule has 4 nitrogen and oxygen atoms in total. The molecule has 1 saturated heterocycles. The van der Waals surface area contributed by atoms with Crippen molar-refractivity contribution in [1.29, 1.82) is 0 Å². The number of hydrogen-bond acceptors (Lipinski definition) is 4. The van der Waals surface area contributed by atoms with Crippen LogP contribution in [0.4, 0.5) is 5.69 Å². The van der Waals surface area contributed by atoms with Crippen LogP contribution in [0.5, 0.6) is 11.5 Å². The second-order valence-corrected chi connectivity index (χ2v) is 7.05. The van der Waals surface area contributed by atoms with Gasteiger partial charge in [-0.15, -0.1) is 0 Å². The van der Waals surface area contributed by atoms with Crippen LogP contribution >= 0.6 is 0 Å². The Morgan fingerprint density at radius 3 is 1.82 bits per heavy atom. The van der Waals surface area contributed by atoms with E-state index in [2.05, 4.69) is 29.2 Å². The molecule has 1 N–H and O–H groups in total. The number of aliphatic hydroxyl groups is 1. The van der Waals surface area contributed by atoms with Crippen molar-refractivity contribution < 1.29 is 14.6 Å². The van der Waals surface area contributed by atoms with E-state index in [-0.39, 0.29) is 12.1 Å².